The van der Waals surface area contributed by atoms with Crippen LogP contribution in [0.4, 0.5) is 13.2 Å². The zero-order valence-electron chi connectivity index (χ0n) is 16.0. The van der Waals surface area contributed by atoms with Crippen molar-refractivity contribution < 1.29 is 13.2 Å². The zero-order valence-corrected chi connectivity index (χ0v) is 16.0. The molecule has 0 spiro atoms. The Hall–Kier alpha value is -2.11. The van der Waals surface area contributed by atoms with Crippen molar-refractivity contribution >= 4 is 5.70 Å². The van der Waals surface area contributed by atoms with E-state index >= 15 is 0 Å². The van der Waals surface area contributed by atoms with Crippen LogP contribution in [-0.2, 0) is 0 Å². The van der Waals surface area contributed by atoms with Crippen molar-refractivity contribution in [3.05, 3.63) is 53.1 Å². The first-order chi connectivity index (χ1) is 12.2. The molecule has 0 aliphatic rings. The summed E-state index contributed by atoms with van der Waals surface area (Å²) in [6, 6.07) is 1.48. The molecular formula is C20H30F3N3. The number of hydrogen-bond donors (Lipinski definition) is 3. The van der Waals surface area contributed by atoms with E-state index in [4.69, 9.17) is 11.5 Å². The second-order valence-corrected chi connectivity index (χ2v) is 6.83. The predicted molar refractivity (Wildman–Crippen MR) is 101 cm³/mol. The van der Waals surface area contributed by atoms with E-state index in [0.717, 1.165) is 25.3 Å². The average molecular weight is 369 g/mol. The molecular weight excluding hydrogens is 339 g/mol. The maximum Gasteiger partial charge on any atom is 0.168 e. The van der Waals surface area contributed by atoms with Crippen LogP contribution in [-0.4, -0.2) is 6.04 Å². The van der Waals surface area contributed by atoms with Gasteiger partial charge in [0.25, 0.3) is 0 Å². The van der Waals surface area contributed by atoms with Gasteiger partial charge in [0.05, 0.1) is 5.82 Å². The number of nitrogens with one attached hydrogen (secondary N) is 1. The molecule has 1 aromatic carbocycles. The van der Waals surface area contributed by atoms with E-state index in [1.807, 2.05) is 6.92 Å². The summed E-state index contributed by atoms with van der Waals surface area (Å²) in [5.74, 6) is -1.77. The number of allylic oxidation sites excluding steroid dienone is 2. The van der Waals surface area contributed by atoms with Crippen LogP contribution in [0.5, 0.6) is 0 Å². The van der Waals surface area contributed by atoms with Gasteiger partial charge in [-0.25, -0.2) is 13.2 Å². The quantitative estimate of drug-likeness (QED) is 0.439. The molecule has 0 fully saturated rings. The van der Waals surface area contributed by atoms with Gasteiger partial charge in [-0.15, -0.1) is 0 Å². The minimum absolute atomic E-state index is 0.107. The zero-order chi connectivity index (χ0) is 19.9. The highest BCUT2D eigenvalue weighted by molar-refractivity contribution is 5.64. The molecule has 0 saturated carbocycles. The molecule has 0 radical (unpaired) electrons. The van der Waals surface area contributed by atoms with Crippen LogP contribution in [0.2, 0.25) is 0 Å². The molecule has 146 valence electrons. The minimum atomic E-state index is -1.28. The summed E-state index contributed by atoms with van der Waals surface area (Å²) in [7, 11) is 0. The SMILES string of the molecule is CCC(C)C(CC)CC(C)N/C(N)=C/C=C(\N)c1cc(F)cc(F)c1F. The summed E-state index contributed by atoms with van der Waals surface area (Å²) >= 11 is 0. The van der Waals surface area contributed by atoms with Gasteiger partial charge in [0.2, 0.25) is 0 Å². The second kappa shape index (κ2) is 10.1. The van der Waals surface area contributed by atoms with E-state index in [0.29, 0.717) is 23.7 Å². The molecule has 0 heterocycles. The number of nitrogens with two attached hydrogens (primary N) is 2. The van der Waals surface area contributed by atoms with E-state index in [9.17, 15) is 13.2 Å². The Morgan fingerprint density at radius 3 is 2.31 bits per heavy atom. The highest BCUT2D eigenvalue weighted by Gasteiger charge is 2.17. The van der Waals surface area contributed by atoms with Gasteiger partial charge in [0, 0.05) is 23.4 Å². The second-order valence-electron chi connectivity index (χ2n) is 6.83. The van der Waals surface area contributed by atoms with Gasteiger partial charge in [-0.1, -0.05) is 33.6 Å². The fourth-order valence-electron chi connectivity index (χ4n) is 3.02. The first kappa shape index (κ1) is 21.9. The summed E-state index contributed by atoms with van der Waals surface area (Å²) in [6.07, 6.45) is 6.01. The third-order valence-electron chi connectivity index (χ3n) is 4.79. The van der Waals surface area contributed by atoms with Gasteiger partial charge in [-0.05, 0) is 43.4 Å². The maximum atomic E-state index is 13.7. The van der Waals surface area contributed by atoms with Crippen LogP contribution in [0.1, 0.15) is 52.5 Å². The first-order valence-electron chi connectivity index (χ1n) is 9.03. The molecule has 0 aromatic heterocycles. The van der Waals surface area contributed by atoms with Crippen molar-refractivity contribution in [2.75, 3.05) is 0 Å². The van der Waals surface area contributed by atoms with E-state index < -0.39 is 17.5 Å². The lowest BCUT2D eigenvalue weighted by Crippen LogP contribution is -2.32. The van der Waals surface area contributed by atoms with Crippen LogP contribution in [0.3, 0.4) is 0 Å². The fraction of sp³-hybridized carbons (Fsp3) is 0.500. The summed E-state index contributed by atoms with van der Waals surface area (Å²) < 4.78 is 40.2. The topological polar surface area (TPSA) is 64.1 Å². The number of rotatable bonds is 9. The summed E-state index contributed by atoms with van der Waals surface area (Å²) in [5, 5.41) is 3.16. The van der Waals surface area contributed by atoms with E-state index in [1.165, 1.54) is 12.2 Å². The van der Waals surface area contributed by atoms with Gasteiger partial charge in [-0.2, -0.15) is 0 Å². The number of halogens is 3. The summed E-state index contributed by atoms with van der Waals surface area (Å²) in [6.45, 7) is 8.65. The Kier molecular flexibility index (Phi) is 8.55. The molecule has 0 bridgehead atoms. The third kappa shape index (κ3) is 6.32. The van der Waals surface area contributed by atoms with Gasteiger partial charge in [0.15, 0.2) is 11.6 Å². The van der Waals surface area contributed by atoms with Crippen LogP contribution in [0.15, 0.2) is 30.1 Å². The van der Waals surface area contributed by atoms with E-state index in [1.54, 1.807) is 0 Å². The molecule has 1 aromatic rings. The monoisotopic (exact) mass is 369 g/mol. The molecule has 26 heavy (non-hydrogen) atoms. The normalized spacial score (nSPS) is 16.3. The van der Waals surface area contributed by atoms with Crippen LogP contribution >= 0.6 is 0 Å². The van der Waals surface area contributed by atoms with Gasteiger partial charge in [-0.3, -0.25) is 0 Å². The molecule has 0 aliphatic carbocycles. The number of benzene rings is 1. The largest absolute Gasteiger partial charge is 0.398 e. The molecule has 0 aliphatic heterocycles. The Labute approximate surface area is 154 Å². The van der Waals surface area contributed by atoms with Crippen LogP contribution in [0.25, 0.3) is 5.70 Å². The van der Waals surface area contributed by atoms with Crippen molar-refractivity contribution in [1.29, 1.82) is 0 Å². The molecule has 3 nitrogen and oxygen atoms in total. The van der Waals surface area contributed by atoms with Gasteiger partial charge < -0.3 is 16.8 Å². The Balaban J connectivity index is 2.79. The van der Waals surface area contributed by atoms with Gasteiger partial charge >= 0.3 is 0 Å². The molecule has 0 amide bonds. The van der Waals surface area contributed by atoms with Gasteiger partial charge in [0.1, 0.15) is 5.82 Å². The smallest absolute Gasteiger partial charge is 0.168 e. The first-order valence-corrected chi connectivity index (χ1v) is 9.03. The molecule has 3 unspecified atom stereocenters. The summed E-state index contributed by atoms with van der Waals surface area (Å²) in [4.78, 5) is 0. The van der Waals surface area contributed by atoms with Crippen molar-refractivity contribution in [2.45, 2.75) is 53.0 Å². The van der Waals surface area contributed by atoms with E-state index in [2.05, 4.69) is 26.1 Å². The highest BCUT2D eigenvalue weighted by atomic mass is 19.2. The molecule has 5 N–H and O–H groups in total. The Bertz CT molecular complexity index is 656. The highest BCUT2D eigenvalue weighted by Crippen LogP contribution is 2.24. The van der Waals surface area contributed by atoms with Crippen molar-refractivity contribution in [2.24, 2.45) is 23.3 Å². The summed E-state index contributed by atoms with van der Waals surface area (Å²) in [5.41, 5.74) is 11.2. The molecule has 0 saturated heterocycles. The Morgan fingerprint density at radius 1 is 1.08 bits per heavy atom. The van der Waals surface area contributed by atoms with Crippen molar-refractivity contribution in [1.82, 2.24) is 5.32 Å². The maximum absolute atomic E-state index is 13.7. The van der Waals surface area contributed by atoms with E-state index in [-0.39, 0.29) is 17.3 Å². The molecule has 1 rings (SSSR count). The van der Waals surface area contributed by atoms with Crippen LogP contribution in [0, 0.1) is 29.3 Å². The standard InChI is InChI=1S/C20H30F3N3/c1-5-12(3)14(6-2)9-13(4)26-19(25)8-7-18(24)16-10-15(21)11-17(22)20(16)23/h7-8,10-14,26H,5-6,9,24-25H2,1-4H3/b18-7-,19-8+. The lowest BCUT2D eigenvalue weighted by molar-refractivity contribution is 0.290. The Morgan fingerprint density at radius 2 is 1.73 bits per heavy atom. The minimum Gasteiger partial charge on any atom is -0.398 e. The molecule has 6 heteroatoms. The predicted octanol–water partition coefficient (Wildman–Crippen LogP) is 4.64. The molecule has 3 atom stereocenters. The lowest BCUT2D eigenvalue weighted by atomic mass is 9.85. The van der Waals surface area contributed by atoms with Crippen molar-refractivity contribution in [3.8, 4) is 0 Å². The lowest BCUT2D eigenvalue weighted by Gasteiger charge is -2.26. The average Bonchev–Trinajstić information content (AvgIpc) is 2.59. The van der Waals surface area contributed by atoms with Crippen LogP contribution < -0.4 is 16.8 Å². The van der Waals surface area contributed by atoms with Crippen molar-refractivity contribution in [3.63, 3.8) is 0 Å². The fourth-order valence-corrected chi connectivity index (χ4v) is 3.02. The third-order valence-corrected chi connectivity index (χ3v) is 4.79. The number of hydrogen-bond acceptors (Lipinski definition) is 3.